The van der Waals surface area contributed by atoms with Gasteiger partial charge >= 0.3 is 7.12 Å². The Balaban J connectivity index is 2.29. The summed E-state index contributed by atoms with van der Waals surface area (Å²) < 4.78 is 37.7. The largest absolute Gasteiger partial charge is 0.494 e. The minimum absolute atomic E-state index is 0.346. The van der Waals surface area contributed by atoms with Crippen LogP contribution >= 0.6 is 0 Å². The number of benzene rings is 1. The van der Waals surface area contributed by atoms with E-state index in [0.29, 0.717) is 18.8 Å². The van der Waals surface area contributed by atoms with Gasteiger partial charge in [-0.15, -0.1) is 0 Å². The van der Waals surface area contributed by atoms with E-state index in [2.05, 4.69) is 0 Å². The molecule has 1 aliphatic rings. The SMILES string of the molecule is CC(c1cc(F)c(B(O)O)c(F)c1)C1OCCO1. The van der Waals surface area contributed by atoms with Crippen LogP contribution in [0.1, 0.15) is 18.4 Å². The second-order valence-electron chi connectivity index (χ2n) is 4.17. The standard InChI is InChI=1S/C11H13BF2O4/c1-6(11-17-2-3-18-11)7-4-8(13)10(12(15)16)9(14)5-7/h4-6,11,15-16H,2-3H2,1H3. The molecule has 0 amide bonds. The molecule has 1 aromatic rings. The van der Waals surface area contributed by atoms with Crippen LogP contribution < -0.4 is 5.46 Å². The fraction of sp³-hybridized carbons (Fsp3) is 0.455. The molecule has 4 nitrogen and oxygen atoms in total. The molecule has 1 atom stereocenters. The highest BCUT2D eigenvalue weighted by Gasteiger charge is 2.28. The van der Waals surface area contributed by atoms with Gasteiger partial charge in [0.15, 0.2) is 6.29 Å². The summed E-state index contributed by atoms with van der Waals surface area (Å²) in [5, 5.41) is 17.7. The Morgan fingerprint density at radius 3 is 2.17 bits per heavy atom. The van der Waals surface area contributed by atoms with Crippen molar-refractivity contribution < 1.29 is 28.3 Å². The van der Waals surface area contributed by atoms with Crippen LogP contribution in [0.15, 0.2) is 12.1 Å². The van der Waals surface area contributed by atoms with Crippen LogP contribution in [-0.2, 0) is 9.47 Å². The molecule has 7 heteroatoms. The lowest BCUT2D eigenvalue weighted by molar-refractivity contribution is -0.0571. The predicted molar refractivity (Wildman–Crippen MR) is 60.3 cm³/mol. The second-order valence-corrected chi connectivity index (χ2v) is 4.17. The van der Waals surface area contributed by atoms with E-state index in [-0.39, 0.29) is 5.92 Å². The fourth-order valence-corrected chi connectivity index (χ4v) is 1.94. The number of ether oxygens (including phenoxy) is 2. The van der Waals surface area contributed by atoms with Gasteiger partial charge in [0.2, 0.25) is 0 Å². The summed E-state index contributed by atoms with van der Waals surface area (Å²) in [6, 6.07) is 2.13. The van der Waals surface area contributed by atoms with Gasteiger partial charge in [-0.05, 0) is 17.7 Å². The third kappa shape index (κ3) is 2.54. The Labute approximate surface area is 103 Å². The smallest absolute Gasteiger partial charge is 0.423 e. The van der Waals surface area contributed by atoms with E-state index in [1.54, 1.807) is 6.92 Å². The van der Waals surface area contributed by atoms with Crippen molar-refractivity contribution in [3.05, 3.63) is 29.3 Å². The van der Waals surface area contributed by atoms with E-state index in [0.717, 1.165) is 12.1 Å². The number of hydrogen-bond acceptors (Lipinski definition) is 4. The molecule has 0 saturated carbocycles. The summed E-state index contributed by atoms with van der Waals surface area (Å²) >= 11 is 0. The maximum atomic E-state index is 13.6. The molecule has 98 valence electrons. The summed E-state index contributed by atoms with van der Waals surface area (Å²) in [5.41, 5.74) is -0.402. The van der Waals surface area contributed by atoms with Crippen molar-refractivity contribution >= 4 is 12.6 Å². The number of halogens is 2. The average molecular weight is 258 g/mol. The molecule has 1 fully saturated rings. The third-order valence-electron chi connectivity index (χ3n) is 2.94. The molecule has 2 N–H and O–H groups in total. The Bertz CT molecular complexity index is 412. The minimum atomic E-state index is -2.17. The predicted octanol–water partition coefficient (Wildman–Crippen LogP) is 0.121. The highest BCUT2D eigenvalue weighted by Crippen LogP contribution is 2.25. The van der Waals surface area contributed by atoms with Crippen molar-refractivity contribution in [1.29, 1.82) is 0 Å². The highest BCUT2D eigenvalue weighted by atomic mass is 19.1. The van der Waals surface area contributed by atoms with Gasteiger partial charge in [0, 0.05) is 5.92 Å². The Hall–Kier alpha value is -1.02. The fourth-order valence-electron chi connectivity index (χ4n) is 1.94. The lowest BCUT2D eigenvalue weighted by Crippen LogP contribution is -2.36. The summed E-state index contributed by atoms with van der Waals surface area (Å²) in [6.45, 7) is 2.63. The monoisotopic (exact) mass is 258 g/mol. The number of rotatable bonds is 3. The summed E-state index contributed by atoms with van der Waals surface area (Å²) in [5.74, 6) is -2.34. The molecule has 0 bridgehead atoms. The zero-order valence-corrected chi connectivity index (χ0v) is 9.77. The lowest BCUT2D eigenvalue weighted by Gasteiger charge is -2.19. The van der Waals surface area contributed by atoms with Gasteiger partial charge in [0.05, 0.1) is 18.7 Å². The molecule has 1 aliphatic heterocycles. The van der Waals surface area contributed by atoms with E-state index in [1.165, 1.54) is 0 Å². The van der Waals surface area contributed by atoms with Gasteiger partial charge < -0.3 is 19.5 Å². The van der Waals surface area contributed by atoms with Crippen LogP contribution in [0.4, 0.5) is 8.78 Å². The molecule has 0 aromatic heterocycles. The molecule has 18 heavy (non-hydrogen) atoms. The maximum Gasteiger partial charge on any atom is 0.494 e. The molecule has 0 aliphatic carbocycles. The van der Waals surface area contributed by atoms with Gasteiger partial charge in [-0.3, -0.25) is 0 Å². The van der Waals surface area contributed by atoms with Crippen molar-refractivity contribution in [2.24, 2.45) is 0 Å². The second kappa shape index (κ2) is 5.32. The Kier molecular flexibility index (Phi) is 3.96. The molecule has 1 aromatic carbocycles. The Morgan fingerprint density at radius 1 is 1.22 bits per heavy atom. The normalized spacial score (nSPS) is 18.1. The first-order valence-electron chi connectivity index (χ1n) is 5.59. The van der Waals surface area contributed by atoms with Crippen LogP contribution in [0.2, 0.25) is 0 Å². The molecule has 0 radical (unpaired) electrons. The van der Waals surface area contributed by atoms with Crippen molar-refractivity contribution in [1.82, 2.24) is 0 Å². The minimum Gasteiger partial charge on any atom is -0.423 e. The van der Waals surface area contributed by atoms with Gasteiger partial charge in [-0.25, -0.2) is 8.78 Å². The zero-order chi connectivity index (χ0) is 13.3. The Morgan fingerprint density at radius 2 is 1.72 bits per heavy atom. The van der Waals surface area contributed by atoms with E-state index in [9.17, 15) is 8.78 Å². The van der Waals surface area contributed by atoms with Gasteiger partial charge in [-0.1, -0.05) is 6.92 Å². The molecule has 1 unspecified atom stereocenters. The molecule has 0 spiro atoms. The van der Waals surface area contributed by atoms with Crippen LogP contribution in [0.25, 0.3) is 0 Å². The first-order valence-corrected chi connectivity index (χ1v) is 5.59. The van der Waals surface area contributed by atoms with Gasteiger partial charge in [0.25, 0.3) is 0 Å². The third-order valence-corrected chi connectivity index (χ3v) is 2.94. The highest BCUT2D eigenvalue weighted by molar-refractivity contribution is 6.58. The van der Waals surface area contributed by atoms with Crippen LogP contribution in [-0.4, -0.2) is 36.7 Å². The van der Waals surface area contributed by atoms with Crippen molar-refractivity contribution in [2.75, 3.05) is 13.2 Å². The quantitative estimate of drug-likeness (QED) is 0.756. The molecular weight excluding hydrogens is 245 g/mol. The van der Waals surface area contributed by atoms with E-state index >= 15 is 0 Å². The van der Waals surface area contributed by atoms with Crippen LogP contribution in [0.5, 0.6) is 0 Å². The van der Waals surface area contributed by atoms with E-state index < -0.39 is 30.5 Å². The average Bonchev–Trinajstić information content (AvgIpc) is 2.79. The molecule has 1 saturated heterocycles. The molecule has 2 rings (SSSR count). The summed E-state index contributed by atoms with van der Waals surface area (Å²) in [4.78, 5) is 0. The maximum absolute atomic E-state index is 13.6. The first kappa shape index (κ1) is 13.4. The van der Waals surface area contributed by atoms with Gasteiger partial charge in [-0.2, -0.15) is 0 Å². The van der Waals surface area contributed by atoms with E-state index in [4.69, 9.17) is 19.5 Å². The van der Waals surface area contributed by atoms with Crippen molar-refractivity contribution in [3.63, 3.8) is 0 Å². The van der Waals surface area contributed by atoms with Crippen LogP contribution in [0, 0.1) is 11.6 Å². The summed E-state index contributed by atoms with van der Waals surface area (Å²) in [6.07, 6.45) is -0.534. The van der Waals surface area contributed by atoms with Crippen molar-refractivity contribution in [3.8, 4) is 0 Å². The van der Waals surface area contributed by atoms with Gasteiger partial charge in [0.1, 0.15) is 11.6 Å². The first-order chi connectivity index (χ1) is 8.50. The molecule has 1 heterocycles. The lowest BCUT2D eigenvalue weighted by atomic mass is 9.78. The number of hydrogen-bond donors (Lipinski definition) is 2. The summed E-state index contributed by atoms with van der Waals surface area (Å²) in [7, 11) is -2.17. The zero-order valence-electron chi connectivity index (χ0n) is 9.77. The van der Waals surface area contributed by atoms with Crippen molar-refractivity contribution in [2.45, 2.75) is 19.1 Å². The van der Waals surface area contributed by atoms with Crippen LogP contribution in [0.3, 0.4) is 0 Å². The molecular formula is C11H13BF2O4. The topological polar surface area (TPSA) is 58.9 Å². The van der Waals surface area contributed by atoms with E-state index in [1.807, 2.05) is 0 Å².